The van der Waals surface area contributed by atoms with Crippen LogP contribution in [-0.2, 0) is 0 Å². The van der Waals surface area contributed by atoms with Crippen LogP contribution in [0.4, 0.5) is 0 Å². The van der Waals surface area contributed by atoms with Crippen LogP contribution in [0.25, 0.3) is 32.7 Å². The average molecular weight is 634 g/mol. The smallest absolute Gasteiger partial charge is 0.871 e. The maximum atomic E-state index is 11.5. The predicted molar refractivity (Wildman–Crippen MR) is 164 cm³/mol. The minimum Gasteiger partial charge on any atom is -0.871 e. The summed E-state index contributed by atoms with van der Waals surface area (Å²) in [5.41, 5.74) is 2.61. The maximum Gasteiger partial charge on any atom is 3.00 e. The number of carboxylic acid groups (broad SMARTS) is 3. The first-order chi connectivity index (χ1) is 21.3. The molecule has 6 aromatic rings. The van der Waals surface area contributed by atoms with Gasteiger partial charge in [0.05, 0.1) is 16.6 Å². The van der Waals surface area contributed by atoms with E-state index in [0.29, 0.717) is 16.2 Å². The van der Waals surface area contributed by atoms with Gasteiger partial charge in [0.25, 0.3) is 0 Å². The van der Waals surface area contributed by atoms with Gasteiger partial charge in [-0.15, -0.1) is 0 Å². The summed E-state index contributed by atoms with van der Waals surface area (Å²) in [5.74, 6) is -4.12. The standard InChI is InChI=1S/3C11H9NO3.Al/c3*1-6-5-8(11(14)15)12-10-7(6)3-2-4-9(10)13;/h3*2-5,13H,1H3,(H,14,15);/q;;;+3/p-3. The van der Waals surface area contributed by atoms with E-state index in [2.05, 4.69) is 15.0 Å². The van der Waals surface area contributed by atoms with Crippen LogP contribution in [-0.4, -0.2) is 65.5 Å². The van der Waals surface area contributed by atoms with Gasteiger partial charge in [-0.2, -0.15) is 0 Å². The number of aromatic nitrogens is 3. The second kappa shape index (κ2) is 14.3. The number of para-hydroxylation sites is 3. The molecule has 0 radical (unpaired) electrons. The van der Waals surface area contributed by atoms with Crippen molar-refractivity contribution in [2.24, 2.45) is 0 Å². The van der Waals surface area contributed by atoms with Gasteiger partial charge >= 0.3 is 35.3 Å². The summed E-state index contributed by atoms with van der Waals surface area (Å²) in [4.78, 5) is 43.7. The topological polar surface area (TPSA) is 220 Å². The first-order valence-corrected chi connectivity index (χ1v) is 13.2. The fourth-order valence-corrected chi connectivity index (χ4v) is 4.50. The summed E-state index contributed by atoms with van der Waals surface area (Å²) in [6, 6.07) is 18.7. The molecule has 6 rings (SSSR count). The van der Waals surface area contributed by atoms with Crippen molar-refractivity contribution in [1.82, 2.24) is 15.0 Å². The molecule has 228 valence electrons. The Morgan fingerprint density at radius 3 is 0.957 bits per heavy atom. The molecule has 46 heavy (non-hydrogen) atoms. The molecule has 0 atom stereocenters. The molecule has 0 unspecified atom stereocenters. The first kappa shape index (κ1) is 34.7. The Kier molecular flexibility index (Phi) is 10.8. The summed E-state index contributed by atoms with van der Waals surface area (Å²) in [6.07, 6.45) is 0. The zero-order valence-electron chi connectivity index (χ0n) is 24.6. The van der Waals surface area contributed by atoms with Crippen molar-refractivity contribution < 1.29 is 45.0 Å². The zero-order chi connectivity index (χ0) is 33.0. The van der Waals surface area contributed by atoms with Crippen molar-refractivity contribution in [1.29, 1.82) is 0 Å². The molecule has 13 heteroatoms. The van der Waals surface area contributed by atoms with Gasteiger partial charge in [-0.1, -0.05) is 71.8 Å². The number of carbonyl (C=O) groups is 3. The van der Waals surface area contributed by atoms with Crippen molar-refractivity contribution in [3.8, 4) is 17.2 Å². The SMILES string of the molecule is Cc1cc(C(=O)O)nc2c([O-])cccc12.Cc1cc(C(=O)O)nc2c([O-])cccc12.Cc1cc(C(=O)O)nc2c([O-])cccc12.[Al+3]. The van der Waals surface area contributed by atoms with Crippen molar-refractivity contribution in [3.63, 3.8) is 0 Å². The zero-order valence-corrected chi connectivity index (χ0v) is 25.8. The van der Waals surface area contributed by atoms with Gasteiger partial charge in [0, 0.05) is 16.2 Å². The molecule has 0 saturated carbocycles. The quantitative estimate of drug-likeness (QED) is 0.238. The summed E-state index contributed by atoms with van der Waals surface area (Å²) in [7, 11) is 0. The van der Waals surface area contributed by atoms with Crippen LogP contribution >= 0.6 is 0 Å². The number of hydrogen-bond acceptors (Lipinski definition) is 9. The normalized spacial score (nSPS) is 10.2. The fraction of sp³-hybridized carbons (Fsp3) is 0.0909. The van der Waals surface area contributed by atoms with Gasteiger partial charge in [0.2, 0.25) is 0 Å². The molecule has 3 aromatic carbocycles. The molecule has 0 aliphatic carbocycles. The number of nitrogens with zero attached hydrogens (tertiary/aromatic N) is 3. The van der Waals surface area contributed by atoms with Crippen LogP contribution in [0.2, 0.25) is 0 Å². The van der Waals surface area contributed by atoms with Gasteiger partial charge in [-0.05, 0) is 55.7 Å². The molecule has 3 N–H and O–H groups in total. The third-order valence-electron chi connectivity index (χ3n) is 6.69. The Balaban J connectivity index is 0.000000186. The molecule has 3 aromatic heterocycles. The van der Waals surface area contributed by atoms with E-state index in [1.54, 1.807) is 57.2 Å². The van der Waals surface area contributed by atoms with E-state index in [4.69, 9.17) is 15.3 Å². The van der Waals surface area contributed by atoms with Gasteiger partial charge < -0.3 is 30.6 Å². The van der Waals surface area contributed by atoms with E-state index in [1.807, 2.05) is 0 Å². The Labute approximate surface area is 272 Å². The van der Waals surface area contributed by atoms with Gasteiger partial charge in [-0.25, -0.2) is 29.3 Å². The molecule has 0 amide bonds. The van der Waals surface area contributed by atoms with Crippen molar-refractivity contribution in [2.75, 3.05) is 0 Å². The molecule has 3 heterocycles. The third kappa shape index (κ3) is 7.47. The molecule has 0 fully saturated rings. The molecule has 0 aliphatic rings. The fourth-order valence-electron chi connectivity index (χ4n) is 4.50. The van der Waals surface area contributed by atoms with E-state index in [-0.39, 0.29) is 68.2 Å². The Morgan fingerprint density at radius 2 is 0.739 bits per heavy atom. The number of benzene rings is 3. The van der Waals surface area contributed by atoms with Crippen LogP contribution in [0.3, 0.4) is 0 Å². The number of rotatable bonds is 3. The van der Waals surface area contributed by atoms with E-state index < -0.39 is 17.9 Å². The minimum absolute atomic E-state index is 0. The maximum absolute atomic E-state index is 11.5. The average Bonchev–Trinajstić information content (AvgIpc) is 2.99. The summed E-state index contributed by atoms with van der Waals surface area (Å²) in [5, 5.41) is 62.8. The molecule has 0 saturated heterocycles. The first-order valence-electron chi connectivity index (χ1n) is 13.2. The van der Waals surface area contributed by atoms with Crippen LogP contribution in [0.5, 0.6) is 17.2 Å². The number of aromatic carboxylic acids is 3. The second-order valence-corrected chi connectivity index (χ2v) is 9.85. The van der Waals surface area contributed by atoms with Crippen LogP contribution in [0.15, 0.2) is 72.8 Å². The third-order valence-corrected chi connectivity index (χ3v) is 6.69. The van der Waals surface area contributed by atoms with Gasteiger partial charge in [-0.3, -0.25) is 0 Å². The molecular weight excluding hydrogens is 609 g/mol. The molecule has 0 aliphatic heterocycles. The molecule has 0 spiro atoms. The van der Waals surface area contributed by atoms with Crippen molar-refractivity contribution in [3.05, 3.63) is 107 Å². The Morgan fingerprint density at radius 1 is 0.500 bits per heavy atom. The predicted octanol–water partition coefficient (Wildman–Crippen LogP) is 3.56. The van der Waals surface area contributed by atoms with Crippen molar-refractivity contribution >= 4 is 68.0 Å². The monoisotopic (exact) mass is 633 g/mol. The molecule has 0 bridgehead atoms. The molecular formula is C33H24AlN3O9. The number of pyridine rings is 3. The minimum atomic E-state index is -1.12. The van der Waals surface area contributed by atoms with E-state index in [0.717, 1.165) is 16.7 Å². The van der Waals surface area contributed by atoms with E-state index in [9.17, 15) is 29.7 Å². The molecule has 12 nitrogen and oxygen atoms in total. The summed E-state index contributed by atoms with van der Waals surface area (Å²) < 4.78 is 0. The number of carboxylic acids is 3. The summed E-state index contributed by atoms with van der Waals surface area (Å²) >= 11 is 0. The van der Waals surface area contributed by atoms with Crippen molar-refractivity contribution in [2.45, 2.75) is 20.8 Å². The largest absolute Gasteiger partial charge is 3.00 e. The Hall–Kier alpha value is -5.77. The van der Waals surface area contributed by atoms with Crippen LogP contribution in [0.1, 0.15) is 48.2 Å². The van der Waals surface area contributed by atoms with E-state index >= 15 is 0 Å². The number of fused-ring (bicyclic) bond motifs is 3. The second-order valence-electron chi connectivity index (χ2n) is 9.85. The van der Waals surface area contributed by atoms with Crippen LogP contribution < -0.4 is 15.3 Å². The number of hydrogen-bond donors (Lipinski definition) is 3. The van der Waals surface area contributed by atoms with Crippen LogP contribution in [0, 0.1) is 20.8 Å². The summed E-state index contributed by atoms with van der Waals surface area (Å²) in [6.45, 7) is 5.28. The van der Waals surface area contributed by atoms with Gasteiger partial charge in [0.1, 0.15) is 17.1 Å². The Bertz CT molecular complexity index is 1890. The van der Waals surface area contributed by atoms with Gasteiger partial charge in [0.15, 0.2) is 0 Å². The van der Waals surface area contributed by atoms with E-state index in [1.165, 1.54) is 36.4 Å². The number of aryl methyl sites for hydroxylation is 3.